The van der Waals surface area contributed by atoms with Crippen molar-refractivity contribution in [3.05, 3.63) is 64.5 Å². The molecule has 1 saturated carbocycles. The second-order valence-corrected chi connectivity index (χ2v) is 6.89. The Morgan fingerprint density at radius 2 is 1.88 bits per heavy atom. The van der Waals surface area contributed by atoms with E-state index < -0.39 is 0 Å². The van der Waals surface area contributed by atoms with Crippen LogP contribution in [-0.2, 0) is 6.42 Å². The summed E-state index contributed by atoms with van der Waals surface area (Å²) in [5, 5.41) is 0. The number of allylic oxidation sites excluding steroid dienone is 2. The molecule has 1 atom stereocenters. The van der Waals surface area contributed by atoms with E-state index in [0.29, 0.717) is 11.7 Å². The number of rotatable bonds is 3. The maximum absolute atomic E-state index is 14.3. The third-order valence-electron chi connectivity index (χ3n) is 5.59. The van der Waals surface area contributed by atoms with Crippen molar-refractivity contribution in [2.24, 2.45) is 0 Å². The molecular formula is C22H23FO2. The van der Waals surface area contributed by atoms with Crippen LogP contribution < -0.4 is 9.47 Å². The van der Waals surface area contributed by atoms with Gasteiger partial charge in [0.25, 0.3) is 0 Å². The van der Waals surface area contributed by atoms with Gasteiger partial charge in [-0.2, -0.15) is 0 Å². The summed E-state index contributed by atoms with van der Waals surface area (Å²) in [5.41, 5.74) is 6.50. The number of hydrogen-bond donors (Lipinski definition) is 0. The molecular weight excluding hydrogens is 315 g/mol. The van der Waals surface area contributed by atoms with Gasteiger partial charge in [-0.3, -0.25) is 0 Å². The van der Waals surface area contributed by atoms with Crippen LogP contribution in [0.2, 0.25) is 0 Å². The number of halogens is 1. The van der Waals surface area contributed by atoms with Crippen LogP contribution in [-0.4, -0.2) is 14.2 Å². The van der Waals surface area contributed by atoms with Crippen molar-refractivity contribution in [3.63, 3.8) is 0 Å². The summed E-state index contributed by atoms with van der Waals surface area (Å²) in [6.07, 6.45) is 5.58. The minimum Gasteiger partial charge on any atom is -0.497 e. The zero-order valence-corrected chi connectivity index (χ0v) is 14.8. The normalized spacial score (nSPS) is 19.2. The van der Waals surface area contributed by atoms with Crippen molar-refractivity contribution in [2.45, 2.75) is 38.0 Å². The average Bonchev–Trinajstić information content (AvgIpc) is 2.67. The van der Waals surface area contributed by atoms with E-state index in [1.165, 1.54) is 42.2 Å². The number of benzene rings is 2. The fourth-order valence-electron chi connectivity index (χ4n) is 4.35. The van der Waals surface area contributed by atoms with Crippen molar-refractivity contribution >= 4 is 5.57 Å². The topological polar surface area (TPSA) is 18.5 Å². The summed E-state index contributed by atoms with van der Waals surface area (Å²) in [5.74, 6) is 1.37. The number of fused-ring (bicyclic) bond motifs is 3. The largest absolute Gasteiger partial charge is 0.497 e. The summed E-state index contributed by atoms with van der Waals surface area (Å²) < 4.78 is 24.8. The molecule has 0 heterocycles. The van der Waals surface area contributed by atoms with E-state index in [0.717, 1.165) is 30.6 Å². The minimum absolute atomic E-state index is 0.291. The van der Waals surface area contributed by atoms with Gasteiger partial charge in [-0.25, -0.2) is 4.39 Å². The molecule has 4 rings (SSSR count). The highest BCUT2D eigenvalue weighted by Crippen LogP contribution is 2.48. The van der Waals surface area contributed by atoms with E-state index in [1.54, 1.807) is 19.2 Å². The summed E-state index contributed by atoms with van der Waals surface area (Å²) in [6.45, 7) is 0. The molecule has 25 heavy (non-hydrogen) atoms. The first-order valence-electron chi connectivity index (χ1n) is 8.94. The zero-order chi connectivity index (χ0) is 17.4. The Morgan fingerprint density at radius 1 is 1.00 bits per heavy atom. The molecule has 2 aromatic carbocycles. The quantitative estimate of drug-likeness (QED) is 0.734. The van der Waals surface area contributed by atoms with Gasteiger partial charge in [-0.05, 0) is 72.2 Å². The summed E-state index contributed by atoms with van der Waals surface area (Å²) >= 11 is 0. The lowest BCUT2D eigenvalue weighted by Crippen LogP contribution is -2.18. The molecule has 2 aromatic rings. The van der Waals surface area contributed by atoms with Crippen LogP contribution >= 0.6 is 0 Å². The molecule has 0 spiro atoms. The third kappa shape index (κ3) is 2.82. The fraction of sp³-hybridized carbons (Fsp3) is 0.364. The van der Waals surface area contributed by atoms with Crippen LogP contribution in [0.5, 0.6) is 11.5 Å². The second-order valence-electron chi connectivity index (χ2n) is 6.89. The van der Waals surface area contributed by atoms with Crippen LogP contribution in [0, 0.1) is 5.82 Å². The Kier molecular flexibility index (Phi) is 4.24. The lowest BCUT2D eigenvalue weighted by molar-refractivity contribution is 0.386. The van der Waals surface area contributed by atoms with Gasteiger partial charge in [0, 0.05) is 5.92 Å². The first kappa shape index (κ1) is 16.2. The molecule has 2 nitrogen and oxygen atoms in total. The minimum atomic E-state index is -0.291. The number of ether oxygens (including phenoxy) is 2. The maximum Gasteiger partial charge on any atom is 0.165 e. The van der Waals surface area contributed by atoms with E-state index in [-0.39, 0.29) is 5.82 Å². The molecule has 3 heteroatoms. The predicted molar refractivity (Wildman–Crippen MR) is 97.8 cm³/mol. The molecule has 0 amide bonds. The smallest absolute Gasteiger partial charge is 0.165 e. The van der Waals surface area contributed by atoms with Gasteiger partial charge in [-0.15, -0.1) is 0 Å². The van der Waals surface area contributed by atoms with Crippen LogP contribution in [0.1, 0.15) is 48.3 Å². The average molecular weight is 338 g/mol. The van der Waals surface area contributed by atoms with Crippen LogP contribution in [0.4, 0.5) is 4.39 Å². The van der Waals surface area contributed by atoms with Gasteiger partial charge >= 0.3 is 0 Å². The second kappa shape index (κ2) is 6.55. The van der Waals surface area contributed by atoms with Gasteiger partial charge in [0.05, 0.1) is 14.2 Å². The number of methoxy groups -OCH3 is 2. The lowest BCUT2D eigenvalue weighted by Gasteiger charge is -2.35. The predicted octanol–water partition coefficient (Wildman–Crippen LogP) is 5.51. The molecule has 0 N–H and O–H groups in total. The standard InChI is InChI=1S/C22H23FO2/c1-24-16-9-7-14-11-19(15-8-10-22(25-2)21(23)12-15)17-5-3-4-6-18(17)20(14)13-16/h7-10,12-13,18H,3-6,11H2,1-2H3. The van der Waals surface area contributed by atoms with Gasteiger partial charge < -0.3 is 9.47 Å². The van der Waals surface area contributed by atoms with Crippen LogP contribution in [0.15, 0.2) is 42.0 Å². The first-order chi connectivity index (χ1) is 12.2. The van der Waals surface area contributed by atoms with Crippen LogP contribution in [0.3, 0.4) is 0 Å². The van der Waals surface area contributed by atoms with Crippen molar-refractivity contribution in [3.8, 4) is 11.5 Å². The highest BCUT2D eigenvalue weighted by Gasteiger charge is 2.30. The fourth-order valence-corrected chi connectivity index (χ4v) is 4.35. The monoisotopic (exact) mass is 338 g/mol. The van der Waals surface area contributed by atoms with Crippen molar-refractivity contribution < 1.29 is 13.9 Å². The van der Waals surface area contributed by atoms with E-state index in [4.69, 9.17) is 9.47 Å². The molecule has 0 aliphatic heterocycles. The van der Waals surface area contributed by atoms with Crippen molar-refractivity contribution in [1.82, 2.24) is 0 Å². The van der Waals surface area contributed by atoms with Crippen molar-refractivity contribution in [1.29, 1.82) is 0 Å². The van der Waals surface area contributed by atoms with Gasteiger partial charge in [0.15, 0.2) is 11.6 Å². The molecule has 0 saturated heterocycles. The van der Waals surface area contributed by atoms with E-state index in [2.05, 4.69) is 12.1 Å². The molecule has 130 valence electrons. The third-order valence-corrected chi connectivity index (χ3v) is 5.59. The van der Waals surface area contributed by atoms with Gasteiger partial charge in [-0.1, -0.05) is 24.1 Å². The lowest BCUT2D eigenvalue weighted by atomic mass is 9.70. The molecule has 1 unspecified atom stereocenters. The Morgan fingerprint density at radius 3 is 2.64 bits per heavy atom. The Labute approximate surface area is 148 Å². The molecule has 0 radical (unpaired) electrons. The highest BCUT2D eigenvalue weighted by molar-refractivity contribution is 5.76. The van der Waals surface area contributed by atoms with Gasteiger partial charge in [0.2, 0.25) is 0 Å². The summed E-state index contributed by atoms with van der Waals surface area (Å²) in [7, 11) is 3.22. The van der Waals surface area contributed by atoms with Crippen LogP contribution in [0.25, 0.3) is 5.57 Å². The number of hydrogen-bond acceptors (Lipinski definition) is 2. The van der Waals surface area contributed by atoms with Crippen molar-refractivity contribution in [2.75, 3.05) is 14.2 Å². The van der Waals surface area contributed by atoms with E-state index in [1.807, 2.05) is 12.1 Å². The molecule has 1 fully saturated rings. The zero-order valence-electron chi connectivity index (χ0n) is 14.8. The maximum atomic E-state index is 14.3. The first-order valence-corrected chi connectivity index (χ1v) is 8.94. The van der Waals surface area contributed by atoms with Gasteiger partial charge in [0.1, 0.15) is 5.75 Å². The SMILES string of the molecule is COc1ccc2c(c1)C1CCCCC1=C(c1ccc(OC)c(F)c1)C2. The molecule has 2 aliphatic carbocycles. The molecule has 0 aromatic heterocycles. The molecule has 2 aliphatic rings. The Bertz CT molecular complexity index is 838. The Balaban J connectivity index is 1.82. The molecule has 0 bridgehead atoms. The summed E-state index contributed by atoms with van der Waals surface area (Å²) in [4.78, 5) is 0. The van der Waals surface area contributed by atoms with E-state index in [9.17, 15) is 4.39 Å². The summed E-state index contributed by atoms with van der Waals surface area (Å²) in [6, 6.07) is 11.7. The highest BCUT2D eigenvalue weighted by atomic mass is 19.1. The van der Waals surface area contributed by atoms with E-state index >= 15 is 0 Å². The Hall–Kier alpha value is -2.29.